The smallest absolute Gasteiger partial charge is 0.124 e. The van der Waals surface area contributed by atoms with Crippen LogP contribution in [0.3, 0.4) is 0 Å². The van der Waals surface area contributed by atoms with Crippen molar-refractivity contribution in [2.75, 3.05) is 11.6 Å². The van der Waals surface area contributed by atoms with E-state index < -0.39 is 0 Å². The number of terminal acetylenes is 1. The van der Waals surface area contributed by atoms with Crippen LogP contribution in [0.2, 0.25) is 0 Å². The minimum atomic E-state index is 0.608. The molecule has 0 aromatic heterocycles. The van der Waals surface area contributed by atoms with E-state index in [2.05, 4.69) is 34.5 Å². The Bertz CT molecular complexity index is 63.8. The Balaban J connectivity index is 0. The molecule has 0 heterocycles. The molecule has 0 aromatic rings. The van der Waals surface area contributed by atoms with E-state index >= 15 is 0 Å². The number of halogens is 1. The highest BCUT2D eigenvalue weighted by Crippen LogP contribution is 1.68. The van der Waals surface area contributed by atoms with Crippen molar-refractivity contribution in [3.8, 4) is 12.3 Å². The van der Waals surface area contributed by atoms with Gasteiger partial charge in [-0.05, 0) is 6.26 Å². The summed E-state index contributed by atoms with van der Waals surface area (Å²) in [7, 11) is 0. The van der Waals surface area contributed by atoms with E-state index in [9.17, 15) is 0 Å². The summed E-state index contributed by atoms with van der Waals surface area (Å²) in [6.07, 6.45) is 3.66. The van der Waals surface area contributed by atoms with E-state index in [0.29, 0.717) is 5.33 Å². The summed E-state index contributed by atoms with van der Waals surface area (Å²) in [6.45, 7) is 0. The molecule has 0 atom stereocenters. The molecule has 0 rings (SSSR count). The molecule has 0 aliphatic carbocycles. The average molecular weight is 169 g/mol. The molecule has 0 saturated carbocycles. The van der Waals surface area contributed by atoms with Crippen molar-refractivity contribution in [1.29, 1.82) is 0 Å². The first kappa shape index (κ1) is 6.39. The van der Waals surface area contributed by atoms with Gasteiger partial charge in [-0.1, -0.05) is 21.9 Å². The predicted octanol–water partition coefficient (Wildman–Crippen LogP) is 1.56. The Labute approximate surface area is 54.3 Å². The van der Waals surface area contributed by atoms with Crippen molar-refractivity contribution in [2.45, 2.75) is 0 Å². The molecule has 0 radical (unpaired) electrons. The van der Waals surface area contributed by atoms with Gasteiger partial charge in [0.1, 0.15) is 1.37 Å². The fourth-order valence-corrected chi connectivity index (χ4v) is 0. The average Bonchev–Trinajstić information content (AvgIpc) is 1.75. The zero-order valence-electron chi connectivity index (χ0n) is 4.53. The van der Waals surface area contributed by atoms with Gasteiger partial charge in [-0.3, -0.25) is 0 Å². The first-order valence-corrected chi connectivity index (χ1v) is 3.33. The molecular formula is C4H7BrS. The molecule has 0 nitrogen and oxygen atoms in total. The van der Waals surface area contributed by atoms with Crippen LogP contribution in [-0.4, -0.2) is 11.6 Å². The quantitative estimate of drug-likeness (QED) is 0.317. The summed E-state index contributed by atoms with van der Waals surface area (Å²) >= 11 is 6.54. The number of rotatable bonds is 0. The van der Waals surface area contributed by atoms with Crippen molar-refractivity contribution >= 4 is 28.6 Å². The second-order valence-electron chi connectivity index (χ2n) is 0.310. The zero-order chi connectivity index (χ0) is 6.12. The first-order valence-electron chi connectivity index (χ1n) is 1.82. The Morgan fingerprint density at radius 3 is 2.67 bits per heavy atom. The van der Waals surface area contributed by atoms with Crippen LogP contribution in [-0.2, 0) is 0 Å². The number of thiol groups is 1. The van der Waals surface area contributed by atoms with Gasteiger partial charge in [-0.2, -0.15) is 12.6 Å². The van der Waals surface area contributed by atoms with Crippen molar-refractivity contribution < 1.29 is 1.37 Å². The summed E-state index contributed by atoms with van der Waals surface area (Å²) < 4.78 is 6.21. The third-order valence-electron chi connectivity index (χ3n) is 0.0668. The maximum Gasteiger partial charge on any atom is 0.124 e. The van der Waals surface area contributed by atoms with Crippen LogP contribution in [0.15, 0.2) is 0 Å². The van der Waals surface area contributed by atoms with Gasteiger partial charge in [0.05, 0.1) is 5.33 Å². The zero-order valence-corrected chi connectivity index (χ0v) is 6.01. The van der Waals surface area contributed by atoms with Gasteiger partial charge in [-0.25, -0.2) is 0 Å². The maximum atomic E-state index is 6.21. The third-order valence-corrected chi connectivity index (χ3v) is 0.347. The lowest BCUT2D eigenvalue weighted by atomic mass is 10.9. The van der Waals surface area contributed by atoms with E-state index in [1.807, 2.05) is 6.40 Å². The first-order chi connectivity index (χ1) is 3.41. The van der Waals surface area contributed by atoms with Crippen LogP contribution in [0, 0.1) is 12.3 Å². The molecular weight excluding hydrogens is 160 g/mol. The lowest BCUT2D eigenvalue weighted by Crippen LogP contribution is -1.45. The Morgan fingerprint density at radius 2 is 2.67 bits per heavy atom. The SMILES string of the molecule is CS.[3H]C#CCBr. The summed E-state index contributed by atoms with van der Waals surface area (Å²) in [5, 5.41) is 0.608. The van der Waals surface area contributed by atoms with Crippen LogP contribution < -0.4 is 0 Å². The second-order valence-corrected chi connectivity index (χ2v) is 0.871. The molecule has 0 unspecified atom stereocenters. The van der Waals surface area contributed by atoms with E-state index in [0.717, 1.165) is 0 Å². The molecule has 0 bridgehead atoms. The molecule has 36 valence electrons. The largest absolute Gasteiger partial charge is 0.183 e. The molecule has 2 heteroatoms. The highest BCUT2D eigenvalue weighted by molar-refractivity contribution is 9.09. The predicted molar refractivity (Wildman–Crippen MR) is 37.5 cm³/mol. The van der Waals surface area contributed by atoms with Gasteiger partial charge in [0.15, 0.2) is 0 Å². The van der Waals surface area contributed by atoms with E-state index in [1.165, 1.54) is 0 Å². The minimum absolute atomic E-state index is 0.608. The topological polar surface area (TPSA) is 0 Å². The lowest BCUT2D eigenvalue weighted by Gasteiger charge is -1.50. The fourth-order valence-electron chi connectivity index (χ4n) is 0. The summed E-state index contributed by atoms with van der Waals surface area (Å²) in [5.74, 6) is 2.44. The molecule has 0 aliphatic rings. The van der Waals surface area contributed by atoms with Crippen molar-refractivity contribution in [3.05, 3.63) is 0 Å². The van der Waals surface area contributed by atoms with Crippen LogP contribution in [0.25, 0.3) is 0 Å². The highest BCUT2D eigenvalue weighted by atomic mass is 79.9. The Hall–Kier alpha value is 0.390. The monoisotopic (exact) mass is 168 g/mol. The Kier molecular flexibility index (Phi) is 19.4. The summed E-state index contributed by atoms with van der Waals surface area (Å²) in [6, 6.07) is 0. The van der Waals surface area contributed by atoms with Gasteiger partial charge in [0.25, 0.3) is 0 Å². The van der Waals surface area contributed by atoms with Crippen LogP contribution in [0.1, 0.15) is 1.37 Å². The molecule has 0 N–H and O–H groups in total. The molecule has 0 spiro atoms. The van der Waals surface area contributed by atoms with Crippen molar-refractivity contribution in [3.63, 3.8) is 0 Å². The summed E-state index contributed by atoms with van der Waals surface area (Å²) in [5.41, 5.74) is 0. The van der Waals surface area contributed by atoms with Crippen LogP contribution in [0.4, 0.5) is 0 Å². The molecule has 6 heavy (non-hydrogen) atoms. The molecule has 0 aliphatic heterocycles. The third kappa shape index (κ3) is 26.1. The van der Waals surface area contributed by atoms with E-state index in [4.69, 9.17) is 1.37 Å². The van der Waals surface area contributed by atoms with Crippen LogP contribution >= 0.6 is 28.6 Å². The molecule has 0 amide bonds. The number of hydrogen-bond donors (Lipinski definition) is 1. The number of hydrogen-bond acceptors (Lipinski definition) is 1. The molecule has 0 fully saturated rings. The van der Waals surface area contributed by atoms with Gasteiger partial charge < -0.3 is 0 Å². The maximum absolute atomic E-state index is 6.21. The fraction of sp³-hybridized carbons (Fsp3) is 0.500. The molecule has 0 saturated heterocycles. The van der Waals surface area contributed by atoms with Crippen molar-refractivity contribution in [1.82, 2.24) is 0 Å². The van der Waals surface area contributed by atoms with Gasteiger partial charge in [-0.15, -0.1) is 6.40 Å². The minimum Gasteiger partial charge on any atom is -0.183 e. The van der Waals surface area contributed by atoms with Gasteiger partial charge in [0, 0.05) is 0 Å². The standard InChI is InChI=1S/C3H3Br.CH4S/c1-2-3-4;1-2/h1H,3H2;2H,1H3/i1T;. The van der Waals surface area contributed by atoms with Crippen molar-refractivity contribution in [2.24, 2.45) is 0 Å². The lowest BCUT2D eigenvalue weighted by molar-refractivity contribution is 2.02. The number of alkyl halides is 1. The highest BCUT2D eigenvalue weighted by Gasteiger charge is 1.46. The van der Waals surface area contributed by atoms with Gasteiger partial charge >= 0.3 is 0 Å². The summed E-state index contributed by atoms with van der Waals surface area (Å²) in [4.78, 5) is 0. The van der Waals surface area contributed by atoms with Gasteiger partial charge in [0.2, 0.25) is 0 Å². The second kappa shape index (κ2) is 18.2. The van der Waals surface area contributed by atoms with E-state index in [-0.39, 0.29) is 0 Å². The van der Waals surface area contributed by atoms with E-state index in [1.54, 1.807) is 6.26 Å². The molecule has 0 aromatic carbocycles. The van der Waals surface area contributed by atoms with Crippen LogP contribution in [0.5, 0.6) is 0 Å². The Morgan fingerprint density at radius 1 is 2.17 bits per heavy atom. The normalized spacial score (nSPS) is 5.50.